The van der Waals surface area contributed by atoms with Crippen LogP contribution in [0.1, 0.15) is 38.4 Å². The van der Waals surface area contributed by atoms with Crippen molar-refractivity contribution in [3.8, 4) is 11.5 Å². The van der Waals surface area contributed by atoms with Gasteiger partial charge in [-0.05, 0) is 35.4 Å². The first-order valence-corrected chi connectivity index (χ1v) is 12.9. The number of nitrogens with one attached hydrogen (secondary N) is 1. The molecule has 0 saturated carbocycles. The normalized spacial score (nSPS) is 10.7. The number of carbonyl (C=O) groups is 1. The monoisotopic (exact) mass is 517 g/mol. The number of ether oxygens (including phenoxy) is 2. The van der Waals surface area contributed by atoms with Gasteiger partial charge in [0, 0.05) is 35.7 Å². The molecule has 0 spiro atoms. The largest absolute Gasteiger partial charge is 0.497 e. The summed E-state index contributed by atoms with van der Waals surface area (Å²) >= 11 is 0. The molecule has 0 atom stereocenters. The Morgan fingerprint density at radius 1 is 0.769 bits per heavy atom. The van der Waals surface area contributed by atoms with E-state index in [1.165, 1.54) is 0 Å². The van der Waals surface area contributed by atoms with Crippen LogP contribution in [0.15, 0.2) is 109 Å². The molecular weight excluding hydrogens is 486 g/mol. The van der Waals surface area contributed by atoms with E-state index in [0.717, 1.165) is 28.1 Å². The maximum atomic E-state index is 13.3. The van der Waals surface area contributed by atoms with Crippen molar-refractivity contribution < 1.29 is 14.3 Å². The van der Waals surface area contributed by atoms with Gasteiger partial charge in [-0.25, -0.2) is 4.98 Å². The van der Waals surface area contributed by atoms with Gasteiger partial charge in [0.25, 0.3) is 5.91 Å². The highest BCUT2D eigenvalue weighted by Gasteiger charge is 2.21. The van der Waals surface area contributed by atoms with E-state index in [2.05, 4.69) is 34.1 Å². The number of hydrogen-bond acceptors (Lipinski definition) is 4. The predicted octanol–water partition coefficient (Wildman–Crippen LogP) is 6.38. The molecule has 0 radical (unpaired) electrons. The van der Waals surface area contributed by atoms with Crippen molar-refractivity contribution in [1.29, 1.82) is 0 Å². The van der Waals surface area contributed by atoms with Crippen molar-refractivity contribution in [3.63, 3.8) is 0 Å². The maximum absolute atomic E-state index is 13.3. The number of hydrogen-bond donors (Lipinski definition) is 1. The molecule has 6 heteroatoms. The number of anilines is 1. The van der Waals surface area contributed by atoms with E-state index >= 15 is 0 Å². The second kappa shape index (κ2) is 12.1. The smallest absolute Gasteiger partial charge is 0.257 e. The molecule has 1 amide bonds. The van der Waals surface area contributed by atoms with Crippen LogP contribution in [-0.4, -0.2) is 29.7 Å². The van der Waals surface area contributed by atoms with Crippen molar-refractivity contribution in [2.75, 3.05) is 19.5 Å². The Hall–Kier alpha value is -4.84. The topological polar surface area (TPSA) is 65.4 Å². The summed E-state index contributed by atoms with van der Waals surface area (Å²) in [5.41, 5.74) is 5.79. The van der Waals surface area contributed by atoms with Gasteiger partial charge in [0.2, 0.25) is 5.95 Å². The van der Waals surface area contributed by atoms with Gasteiger partial charge < -0.3 is 14.0 Å². The Balaban J connectivity index is 1.62. The fourth-order valence-electron chi connectivity index (χ4n) is 4.64. The van der Waals surface area contributed by atoms with Crippen molar-refractivity contribution in [1.82, 2.24) is 9.55 Å². The number of imidazole rings is 1. The minimum absolute atomic E-state index is 0.207. The number of benzene rings is 4. The molecule has 5 rings (SSSR count). The van der Waals surface area contributed by atoms with E-state index in [1.807, 2.05) is 72.8 Å². The van der Waals surface area contributed by atoms with Gasteiger partial charge in [-0.1, -0.05) is 78.9 Å². The van der Waals surface area contributed by atoms with E-state index in [0.29, 0.717) is 42.4 Å². The van der Waals surface area contributed by atoms with Crippen LogP contribution in [0.4, 0.5) is 5.95 Å². The quantitative estimate of drug-likeness (QED) is 0.233. The summed E-state index contributed by atoms with van der Waals surface area (Å²) in [5, 5.41) is 3.09. The van der Waals surface area contributed by atoms with Crippen molar-refractivity contribution in [3.05, 3.63) is 143 Å². The highest BCUT2D eigenvalue weighted by atomic mass is 16.5. The van der Waals surface area contributed by atoms with E-state index in [4.69, 9.17) is 14.5 Å². The van der Waals surface area contributed by atoms with E-state index in [9.17, 15) is 4.79 Å². The molecule has 5 aromatic rings. The maximum Gasteiger partial charge on any atom is 0.257 e. The molecule has 0 unspecified atom stereocenters. The number of aromatic nitrogens is 2. The van der Waals surface area contributed by atoms with Crippen LogP contribution in [0.2, 0.25) is 0 Å². The molecule has 1 heterocycles. The lowest BCUT2D eigenvalue weighted by Gasteiger charge is -2.16. The van der Waals surface area contributed by atoms with Crippen LogP contribution in [0.5, 0.6) is 11.5 Å². The summed E-state index contributed by atoms with van der Waals surface area (Å²) < 4.78 is 13.2. The summed E-state index contributed by atoms with van der Waals surface area (Å²) in [6.07, 6.45) is 1.31. The first kappa shape index (κ1) is 25.8. The number of amides is 1. The molecule has 0 aliphatic carbocycles. The fourth-order valence-corrected chi connectivity index (χ4v) is 4.64. The van der Waals surface area contributed by atoms with Gasteiger partial charge in [0.1, 0.15) is 11.5 Å². The zero-order chi connectivity index (χ0) is 27.0. The predicted molar refractivity (Wildman–Crippen MR) is 154 cm³/mol. The van der Waals surface area contributed by atoms with Gasteiger partial charge in [0.15, 0.2) is 0 Å². The molecular formula is C33H31N3O3. The van der Waals surface area contributed by atoms with E-state index in [-0.39, 0.29) is 5.91 Å². The second-order valence-electron chi connectivity index (χ2n) is 9.24. The summed E-state index contributed by atoms with van der Waals surface area (Å²) in [4.78, 5) is 18.3. The molecule has 196 valence electrons. The Labute approximate surface area is 228 Å². The van der Waals surface area contributed by atoms with Crippen molar-refractivity contribution in [2.24, 2.45) is 0 Å². The molecule has 0 aliphatic rings. The Morgan fingerprint density at radius 2 is 1.38 bits per heavy atom. The lowest BCUT2D eigenvalue weighted by Crippen LogP contribution is -2.17. The Morgan fingerprint density at radius 3 is 2.00 bits per heavy atom. The highest BCUT2D eigenvalue weighted by molar-refractivity contribution is 6.03. The van der Waals surface area contributed by atoms with Gasteiger partial charge in [-0.2, -0.15) is 0 Å². The van der Waals surface area contributed by atoms with Crippen molar-refractivity contribution in [2.45, 2.75) is 19.4 Å². The van der Waals surface area contributed by atoms with Crippen LogP contribution >= 0.6 is 0 Å². The summed E-state index contributed by atoms with van der Waals surface area (Å²) in [5.74, 6) is 1.71. The minimum Gasteiger partial charge on any atom is -0.497 e. The van der Waals surface area contributed by atoms with Crippen LogP contribution < -0.4 is 14.8 Å². The van der Waals surface area contributed by atoms with E-state index in [1.54, 1.807) is 26.4 Å². The Bertz CT molecular complexity index is 1530. The number of nitrogens with zero attached hydrogens (tertiary/aromatic N) is 2. The Kier molecular flexibility index (Phi) is 8.03. The molecule has 1 aromatic heterocycles. The van der Waals surface area contributed by atoms with Gasteiger partial charge in [-0.15, -0.1) is 0 Å². The third-order valence-corrected chi connectivity index (χ3v) is 6.67. The van der Waals surface area contributed by atoms with Crippen LogP contribution in [0.3, 0.4) is 0 Å². The second-order valence-corrected chi connectivity index (χ2v) is 9.24. The number of methoxy groups -OCH3 is 2. The molecule has 1 N–H and O–H groups in total. The molecule has 0 bridgehead atoms. The van der Waals surface area contributed by atoms with Crippen LogP contribution in [0.25, 0.3) is 0 Å². The van der Waals surface area contributed by atoms with Crippen molar-refractivity contribution >= 4 is 11.9 Å². The zero-order valence-corrected chi connectivity index (χ0v) is 22.1. The third-order valence-electron chi connectivity index (χ3n) is 6.67. The summed E-state index contributed by atoms with van der Waals surface area (Å²) in [6, 6.07) is 35.5. The minimum atomic E-state index is -0.207. The third kappa shape index (κ3) is 6.18. The molecule has 39 heavy (non-hydrogen) atoms. The highest BCUT2D eigenvalue weighted by Crippen LogP contribution is 2.29. The number of rotatable bonds is 10. The molecule has 6 nitrogen and oxygen atoms in total. The van der Waals surface area contributed by atoms with Gasteiger partial charge in [0.05, 0.1) is 26.5 Å². The standard InChI is InChI=1S/C33H31N3O3/c1-38-28-19-18-27(31(22-28)39-2)23-36-30(21-25-14-8-4-9-15-25)29(20-24-12-6-3-7-13-24)34-33(36)35-32(37)26-16-10-5-11-17-26/h3-19,22H,20-21,23H2,1-2H3,(H,34,35,37). The SMILES string of the molecule is COc1ccc(Cn2c(NC(=O)c3ccccc3)nc(Cc3ccccc3)c2Cc2ccccc2)c(OC)c1. The van der Waals surface area contributed by atoms with Crippen LogP contribution in [0, 0.1) is 0 Å². The van der Waals surface area contributed by atoms with Gasteiger partial charge in [-0.3, -0.25) is 10.1 Å². The van der Waals surface area contributed by atoms with Crippen LogP contribution in [-0.2, 0) is 19.4 Å². The first-order chi connectivity index (χ1) is 19.1. The van der Waals surface area contributed by atoms with Gasteiger partial charge >= 0.3 is 0 Å². The molecule has 0 saturated heterocycles. The summed E-state index contributed by atoms with van der Waals surface area (Å²) in [7, 11) is 3.28. The molecule has 0 fully saturated rings. The molecule has 0 aliphatic heterocycles. The first-order valence-electron chi connectivity index (χ1n) is 12.9. The molecule has 4 aromatic carbocycles. The zero-order valence-electron chi connectivity index (χ0n) is 22.1. The average Bonchev–Trinajstić information content (AvgIpc) is 3.29. The lowest BCUT2D eigenvalue weighted by molar-refractivity contribution is 0.102. The summed E-state index contributed by atoms with van der Waals surface area (Å²) in [6.45, 7) is 0.460. The average molecular weight is 518 g/mol. The lowest BCUT2D eigenvalue weighted by atomic mass is 10.0. The number of carbonyl (C=O) groups excluding carboxylic acids is 1. The fraction of sp³-hybridized carbons (Fsp3) is 0.152. The van der Waals surface area contributed by atoms with E-state index < -0.39 is 0 Å².